The molecule has 106 valence electrons. The highest BCUT2D eigenvalue weighted by atomic mass is 16.5. The summed E-state index contributed by atoms with van der Waals surface area (Å²) in [6, 6.07) is 1.77. The molecule has 0 radical (unpaired) electrons. The van der Waals surface area contributed by atoms with E-state index in [1.807, 2.05) is 6.92 Å². The molecule has 1 heterocycles. The Morgan fingerprint density at radius 1 is 1.58 bits per heavy atom. The van der Waals surface area contributed by atoms with Gasteiger partial charge in [0.15, 0.2) is 0 Å². The second kappa shape index (κ2) is 6.19. The normalized spacial score (nSPS) is 27.0. The summed E-state index contributed by atoms with van der Waals surface area (Å²) in [5.74, 6) is 1.92. The number of nitrogens with two attached hydrogens (primary N) is 1. The Morgan fingerprint density at radius 2 is 2.42 bits per heavy atom. The van der Waals surface area contributed by atoms with E-state index in [2.05, 4.69) is 22.2 Å². The molecular weight excluding hydrogens is 240 g/mol. The van der Waals surface area contributed by atoms with Crippen LogP contribution in [0.4, 0.5) is 5.95 Å². The SMILES string of the molecule is CCOc1ccnc(NC2(CN)CCCC(C)C2)n1. The number of hydrogen-bond donors (Lipinski definition) is 2. The van der Waals surface area contributed by atoms with Crippen LogP contribution in [0.1, 0.15) is 39.5 Å². The van der Waals surface area contributed by atoms with Crippen molar-refractivity contribution >= 4 is 5.95 Å². The van der Waals surface area contributed by atoms with Gasteiger partial charge in [-0.1, -0.05) is 19.8 Å². The minimum Gasteiger partial charge on any atom is -0.478 e. The highest BCUT2D eigenvalue weighted by Crippen LogP contribution is 2.33. The van der Waals surface area contributed by atoms with Gasteiger partial charge in [0.25, 0.3) is 0 Å². The lowest BCUT2D eigenvalue weighted by molar-refractivity contribution is 0.262. The maximum Gasteiger partial charge on any atom is 0.226 e. The first-order valence-electron chi connectivity index (χ1n) is 7.11. The first-order chi connectivity index (χ1) is 9.17. The van der Waals surface area contributed by atoms with Crippen LogP contribution < -0.4 is 15.8 Å². The van der Waals surface area contributed by atoms with Gasteiger partial charge < -0.3 is 15.8 Å². The van der Waals surface area contributed by atoms with E-state index < -0.39 is 0 Å². The topological polar surface area (TPSA) is 73.1 Å². The van der Waals surface area contributed by atoms with Crippen LogP contribution in [0.15, 0.2) is 12.3 Å². The molecule has 0 aromatic carbocycles. The highest BCUT2D eigenvalue weighted by molar-refractivity contribution is 5.32. The van der Waals surface area contributed by atoms with Crippen LogP contribution in [0.3, 0.4) is 0 Å². The molecule has 1 fully saturated rings. The zero-order valence-corrected chi connectivity index (χ0v) is 11.9. The van der Waals surface area contributed by atoms with E-state index in [-0.39, 0.29) is 5.54 Å². The quantitative estimate of drug-likeness (QED) is 0.853. The smallest absolute Gasteiger partial charge is 0.226 e. The van der Waals surface area contributed by atoms with Gasteiger partial charge in [0.1, 0.15) is 0 Å². The Balaban J connectivity index is 2.11. The van der Waals surface area contributed by atoms with Crippen molar-refractivity contribution in [1.29, 1.82) is 0 Å². The van der Waals surface area contributed by atoms with Gasteiger partial charge in [0, 0.05) is 18.8 Å². The minimum atomic E-state index is -0.0670. The van der Waals surface area contributed by atoms with Crippen LogP contribution in [0, 0.1) is 5.92 Å². The number of aromatic nitrogens is 2. The summed E-state index contributed by atoms with van der Waals surface area (Å²) in [7, 11) is 0. The predicted molar refractivity (Wildman–Crippen MR) is 76.2 cm³/mol. The maximum atomic E-state index is 6.00. The lowest BCUT2D eigenvalue weighted by Crippen LogP contribution is -2.49. The Labute approximate surface area is 115 Å². The second-order valence-corrected chi connectivity index (χ2v) is 5.46. The maximum absolute atomic E-state index is 6.00. The molecule has 0 saturated heterocycles. The molecule has 5 heteroatoms. The predicted octanol–water partition coefficient (Wildman–Crippen LogP) is 2.19. The van der Waals surface area contributed by atoms with Gasteiger partial charge in [-0.05, 0) is 25.7 Å². The molecule has 1 saturated carbocycles. The van der Waals surface area contributed by atoms with E-state index in [0.29, 0.717) is 30.9 Å². The summed E-state index contributed by atoms with van der Waals surface area (Å²) in [6.45, 7) is 5.44. The number of anilines is 1. The highest BCUT2D eigenvalue weighted by Gasteiger charge is 2.34. The molecule has 1 aromatic rings. The Morgan fingerprint density at radius 3 is 3.11 bits per heavy atom. The van der Waals surface area contributed by atoms with Crippen molar-refractivity contribution in [3.63, 3.8) is 0 Å². The molecule has 0 bridgehead atoms. The van der Waals surface area contributed by atoms with Gasteiger partial charge >= 0.3 is 0 Å². The number of hydrogen-bond acceptors (Lipinski definition) is 5. The number of rotatable bonds is 5. The van der Waals surface area contributed by atoms with Gasteiger partial charge in [-0.25, -0.2) is 4.98 Å². The fourth-order valence-electron chi connectivity index (χ4n) is 2.88. The van der Waals surface area contributed by atoms with Crippen LogP contribution in [0.25, 0.3) is 0 Å². The van der Waals surface area contributed by atoms with Crippen molar-refractivity contribution in [1.82, 2.24) is 9.97 Å². The van der Waals surface area contributed by atoms with Crippen molar-refractivity contribution in [2.75, 3.05) is 18.5 Å². The second-order valence-electron chi connectivity index (χ2n) is 5.46. The molecule has 3 N–H and O–H groups in total. The summed E-state index contributed by atoms with van der Waals surface area (Å²) < 4.78 is 5.40. The van der Waals surface area contributed by atoms with Crippen molar-refractivity contribution in [2.45, 2.75) is 45.1 Å². The zero-order valence-electron chi connectivity index (χ0n) is 11.9. The van der Waals surface area contributed by atoms with Crippen molar-refractivity contribution in [3.8, 4) is 5.88 Å². The number of nitrogens with one attached hydrogen (secondary N) is 1. The zero-order chi connectivity index (χ0) is 13.7. The molecule has 2 unspecified atom stereocenters. The number of nitrogens with zero attached hydrogens (tertiary/aromatic N) is 2. The summed E-state index contributed by atoms with van der Waals surface area (Å²) >= 11 is 0. The average molecular weight is 264 g/mol. The molecule has 1 aliphatic carbocycles. The monoisotopic (exact) mass is 264 g/mol. The van der Waals surface area contributed by atoms with E-state index in [0.717, 1.165) is 12.8 Å². The van der Waals surface area contributed by atoms with Gasteiger partial charge in [-0.2, -0.15) is 4.98 Å². The van der Waals surface area contributed by atoms with Crippen molar-refractivity contribution in [3.05, 3.63) is 12.3 Å². The summed E-state index contributed by atoms with van der Waals surface area (Å²) in [4.78, 5) is 8.65. The summed E-state index contributed by atoms with van der Waals surface area (Å²) in [5.41, 5.74) is 5.93. The lowest BCUT2D eigenvalue weighted by Gasteiger charge is -2.39. The van der Waals surface area contributed by atoms with Crippen LogP contribution in [-0.4, -0.2) is 28.7 Å². The van der Waals surface area contributed by atoms with Crippen LogP contribution >= 0.6 is 0 Å². The molecule has 1 aliphatic rings. The van der Waals surface area contributed by atoms with Crippen LogP contribution in [-0.2, 0) is 0 Å². The first kappa shape index (κ1) is 14.1. The molecule has 1 aromatic heterocycles. The Kier molecular flexibility index (Phi) is 4.58. The Hall–Kier alpha value is -1.36. The van der Waals surface area contributed by atoms with Crippen molar-refractivity contribution < 1.29 is 4.74 Å². The lowest BCUT2D eigenvalue weighted by atomic mass is 9.76. The molecule has 5 nitrogen and oxygen atoms in total. The third-order valence-electron chi connectivity index (χ3n) is 3.78. The van der Waals surface area contributed by atoms with Crippen LogP contribution in [0.5, 0.6) is 5.88 Å². The van der Waals surface area contributed by atoms with Crippen molar-refractivity contribution in [2.24, 2.45) is 11.7 Å². The standard InChI is InChI=1S/C14H24N4O/c1-3-19-12-6-8-16-13(17-12)18-14(10-15)7-4-5-11(2)9-14/h6,8,11H,3-5,7,9-10,15H2,1-2H3,(H,16,17,18). The van der Waals surface area contributed by atoms with E-state index in [4.69, 9.17) is 10.5 Å². The molecular formula is C14H24N4O. The third kappa shape index (κ3) is 3.56. The third-order valence-corrected chi connectivity index (χ3v) is 3.78. The first-order valence-corrected chi connectivity index (χ1v) is 7.11. The summed E-state index contributed by atoms with van der Waals surface area (Å²) in [6.07, 6.45) is 6.36. The molecule has 0 amide bonds. The molecule has 19 heavy (non-hydrogen) atoms. The Bertz CT molecular complexity index is 412. The van der Waals surface area contributed by atoms with E-state index in [1.54, 1.807) is 12.3 Å². The van der Waals surface area contributed by atoms with Gasteiger partial charge in [0.05, 0.1) is 12.1 Å². The van der Waals surface area contributed by atoms with E-state index >= 15 is 0 Å². The van der Waals surface area contributed by atoms with Gasteiger partial charge in [-0.15, -0.1) is 0 Å². The van der Waals surface area contributed by atoms with Gasteiger partial charge in [-0.3, -0.25) is 0 Å². The number of ether oxygens (including phenoxy) is 1. The fraction of sp³-hybridized carbons (Fsp3) is 0.714. The van der Waals surface area contributed by atoms with E-state index in [9.17, 15) is 0 Å². The minimum absolute atomic E-state index is 0.0670. The fourth-order valence-corrected chi connectivity index (χ4v) is 2.88. The molecule has 2 rings (SSSR count). The van der Waals surface area contributed by atoms with Gasteiger partial charge in [0.2, 0.25) is 11.8 Å². The summed E-state index contributed by atoms with van der Waals surface area (Å²) in [5, 5.41) is 3.45. The average Bonchev–Trinajstić information content (AvgIpc) is 2.39. The molecule has 2 atom stereocenters. The molecule has 0 spiro atoms. The largest absolute Gasteiger partial charge is 0.478 e. The van der Waals surface area contributed by atoms with Crippen LogP contribution in [0.2, 0.25) is 0 Å². The molecule has 0 aliphatic heterocycles. The van der Waals surface area contributed by atoms with E-state index in [1.165, 1.54) is 12.8 Å².